The van der Waals surface area contributed by atoms with Crippen molar-refractivity contribution in [1.82, 2.24) is 0 Å². The van der Waals surface area contributed by atoms with E-state index in [1.807, 2.05) is 0 Å². The monoisotopic (exact) mass is 330 g/mol. The highest BCUT2D eigenvalue weighted by atomic mass is 16.5. The molecular weight excluding hydrogens is 296 g/mol. The summed E-state index contributed by atoms with van der Waals surface area (Å²) in [4.78, 5) is 0. The van der Waals surface area contributed by atoms with Crippen molar-refractivity contribution in [3.05, 3.63) is 35.4 Å². The summed E-state index contributed by atoms with van der Waals surface area (Å²) in [5.41, 5.74) is 2.82. The third-order valence-corrected chi connectivity index (χ3v) is 5.96. The molecule has 1 saturated carbocycles. The Morgan fingerprint density at radius 1 is 1.00 bits per heavy atom. The molecule has 0 spiro atoms. The number of hydrogen-bond donors (Lipinski definition) is 0. The molecule has 1 saturated heterocycles. The fraction of sp³-hybridized carbons (Fsp3) is 0.727. The summed E-state index contributed by atoms with van der Waals surface area (Å²) in [7, 11) is 0. The summed E-state index contributed by atoms with van der Waals surface area (Å²) in [5, 5.41) is 0. The molecule has 24 heavy (non-hydrogen) atoms. The first kappa shape index (κ1) is 17.9. The van der Waals surface area contributed by atoms with Gasteiger partial charge in [0, 0.05) is 6.61 Å². The molecule has 1 aromatic rings. The Labute approximate surface area is 147 Å². The molecule has 3 rings (SSSR count). The molecule has 1 aromatic carbocycles. The van der Waals surface area contributed by atoms with Gasteiger partial charge in [-0.15, -0.1) is 0 Å². The van der Waals surface area contributed by atoms with Gasteiger partial charge in [0.1, 0.15) is 0 Å². The predicted octanol–water partition coefficient (Wildman–Crippen LogP) is 5.70. The molecule has 0 radical (unpaired) electrons. The molecule has 2 fully saturated rings. The zero-order chi connectivity index (χ0) is 16.8. The van der Waals surface area contributed by atoms with Crippen LogP contribution < -0.4 is 0 Å². The van der Waals surface area contributed by atoms with E-state index in [2.05, 4.69) is 38.1 Å². The predicted molar refractivity (Wildman–Crippen MR) is 99.2 cm³/mol. The summed E-state index contributed by atoms with van der Waals surface area (Å²) in [6, 6.07) is 9.20. The van der Waals surface area contributed by atoms with Crippen LogP contribution >= 0.6 is 0 Å². The number of benzene rings is 1. The molecular formula is C22H34O2. The van der Waals surface area contributed by atoms with Crippen molar-refractivity contribution < 1.29 is 9.47 Å². The molecule has 2 aliphatic rings. The van der Waals surface area contributed by atoms with Crippen LogP contribution in [0.5, 0.6) is 0 Å². The van der Waals surface area contributed by atoms with Gasteiger partial charge in [0.25, 0.3) is 0 Å². The van der Waals surface area contributed by atoms with Gasteiger partial charge in [-0.2, -0.15) is 0 Å². The van der Waals surface area contributed by atoms with Crippen molar-refractivity contribution in [3.8, 4) is 0 Å². The Morgan fingerprint density at radius 2 is 1.75 bits per heavy atom. The molecule has 1 heterocycles. The van der Waals surface area contributed by atoms with Crippen LogP contribution in [0, 0.1) is 11.8 Å². The molecule has 0 aromatic heterocycles. The standard InChI is InChI=1S/C22H34O2/c1-3-23-21-14-15-22(24-16-21)20-12-10-19(11-13-20)9-8-18-6-4-17(2)5-7-18/h10-13,17-18,21-22H,3-9,14-16H2,1-2H3. The minimum Gasteiger partial charge on any atom is -0.376 e. The average Bonchev–Trinajstić information content (AvgIpc) is 2.63. The first-order valence-corrected chi connectivity index (χ1v) is 10.1. The zero-order valence-corrected chi connectivity index (χ0v) is 15.5. The maximum absolute atomic E-state index is 6.01. The van der Waals surface area contributed by atoms with E-state index in [9.17, 15) is 0 Å². The summed E-state index contributed by atoms with van der Waals surface area (Å²) >= 11 is 0. The van der Waals surface area contributed by atoms with Crippen LogP contribution in [-0.4, -0.2) is 19.3 Å². The lowest BCUT2D eigenvalue weighted by atomic mass is 9.80. The second kappa shape index (κ2) is 9.01. The van der Waals surface area contributed by atoms with Crippen LogP contribution in [-0.2, 0) is 15.9 Å². The van der Waals surface area contributed by atoms with Crippen molar-refractivity contribution in [2.24, 2.45) is 11.8 Å². The molecule has 0 N–H and O–H groups in total. The van der Waals surface area contributed by atoms with Gasteiger partial charge in [0.15, 0.2) is 0 Å². The van der Waals surface area contributed by atoms with E-state index in [1.54, 1.807) is 0 Å². The second-order valence-electron chi connectivity index (χ2n) is 7.88. The van der Waals surface area contributed by atoms with Crippen molar-refractivity contribution >= 4 is 0 Å². The van der Waals surface area contributed by atoms with Gasteiger partial charge < -0.3 is 9.47 Å². The molecule has 2 atom stereocenters. The lowest BCUT2D eigenvalue weighted by Crippen LogP contribution is -2.27. The van der Waals surface area contributed by atoms with Crippen LogP contribution in [0.25, 0.3) is 0 Å². The minimum atomic E-state index is 0.260. The number of aryl methyl sites for hydroxylation is 1. The van der Waals surface area contributed by atoms with Crippen LogP contribution in [0.15, 0.2) is 24.3 Å². The average molecular weight is 331 g/mol. The first-order chi connectivity index (χ1) is 11.7. The third-order valence-electron chi connectivity index (χ3n) is 5.96. The molecule has 2 unspecified atom stereocenters. The normalized spacial score (nSPS) is 31.1. The summed E-state index contributed by atoms with van der Waals surface area (Å²) in [5.74, 6) is 1.91. The summed E-state index contributed by atoms with van der Waals surface area (Å²) in [6.07, 6.45) is 11.1. The maximum Gasteiger partial charge on any atom is 0.0827 e. The van der Waals surface area contributed by atoms with Gasteiger partial charge in [-0.1, -0.05) is 56.9 Å². The van der Waals surface area contributed by atoms with E-state index in [0.717, 1.165) is 37.9 Å². The Bertz CT molecular complexity index is 465. The zero-order valence-electron chi connectivity index (χ0n) is 15.5. The Morgan fingerprint density at radius 3 is 2.38 bits per heavy atom. The Balaban J connectivity index is 1.44. The fourth-order valence-corrected chi connectivity index (χ4v) is 4.24. The lowest BCUT2D eigenvalue weighted by Gasteiger charge is -2.29. The Hall–Kier alpha value is -0.860. The highest BCUT2D eigenvalue weighted by molar-refractivity contribution is 5.24. The summed E-state index contributed by atoms with van der Waals surface area (Å²) in [6.45, 7) is 5.98. The lowest BCUT2D eigenvalue weighted by molar-refractivity contribution is -0.0840. The van der Waals surface area contributed by atoms with E-state index in [-0.39, 0.29) is 6.10 Å². The minimum absolute atomic E-state index is 0.260. The largest absolute Gasteiger partial charge is 0.376 e. The number of ether oxygens (including phenoxy) is 2. The van der Waals surface area contributed by atoms with Gasteiger partial charge in [-0.05, 0) is 55.6 Å². The van der Waals surface area contributed by atoms with Gasteiger partial charge in [0.05, 0.1) is 18.8 Å². The van der Waals surface area contributed by atoms with Gasteiger partial charge >= 0.3 is 0 Å². The highest BCUT2D eigenvalue weighted by Gasteiger charge is 2.23. The van der Waals surface area contributed by atoms with Gasteiger partial charge in [-0.3, -0.25) is 0 Å². The van der Waals surface area contributed by atoms with Gasteiger partial charge in [0.2, 0.25) is 0 Å². The first-order valence-electron chi connectivity index (χ1n) is 10.1. The van der Waals surface area contributed by atoms with Crippen molar-refractivity contribution in [2.75, 3.05) is 13.2 Å². The fourth-order valence-electron chi connectivity index (χ4n) is 4.24. The molecule has 2 nitrogen and oxygen atoms in total. The van der Waals surface area contributed by atoms with E-state index in [4.69, 9.17) is 9.47 Å². The molecule has 1 aliphatic heterocycles. The molecule has 0 bridgehead atoms. The van der Waals surface area contributed by atoms with E-state index < -0.39 is 0 Å². The van der Waals surface area contributed by atoms with Gasteiger partial charge in [-0.25, -0.2) is 0 Å². The molecule has 134 valence electrons. The molecule has 2 heteroatoms. The number of rotatable bonds is 6. The van der Waals surface area contributed by atoms with Crippen molar-refractivity contribution in [1.29, 1.82) is 0 Å². The van der Waals surface area contributed by atoms with E-state index in [0.29, 0.717) is 6.10 Å². The van der Waals surface area contributed by atoms with E-state index >= 15 is 0 Å². The molecule has 0 amide bonds. The number of hydrogen-bond acceptors (Lipinski definition) is 2. The van der Waals surface area contributed by atoms with Crippen LogP contribution in [0.4, 0.5) is 0 Å². The highest BCUT2D eigenvalue weighted by Crippen LogP contribution is 2.32. The maximum atomic E-state index is 6.01. The van der Waals surface area contributed by atoms with E-state index in [1.165, 1.54) is 49.7 Å². The van der Waals surface area contributed by atoms with Crippen LogP contribution in [0.3, 0.4) is 0 Å². The quantitative estimate of drug-likeness (QED) is 0.666. The van der Waals surface area contributed by atoms with Crippen LogP contribution in [0.1, 0.15) is 76.0 Å². The van der Waals surface area contributed by atoms with Crippen LogP contribution in [0.2, 0.25) is 0 Å². The smallest absolute Gasteiger partial charge is 0.0827 e. The summed E-state index contributed by atoms with van der Waals surface area (Å²) < 4.78 is 11.7. The molecule has 1 aliphatic carbocycles. The van der Waals surface area contributed by atoms with Crippen molar-refractivity contribution in [3.63, 3.8) is 0 Å². The topological polar surface area (TPSA) is 18.5 Å². The second-order valence-corrected chi connectivity index (χ2v) is 7.88. The Kier molecular flexibility index (Phi) is 6.74. The SMILES string of the molecule is CCOC1CCC(c2ccc(CCC3CCC(C)CC3)cc2)OC1. The van der Waals surface area contributed by atoms with Crippen molar-refractivity contribution in [2.45, 2.75) is 77.4 Å². The third kappa shape index (κ3) is 5.07.